The molecule has 0 bridgehead atoms. The number of nitrogens with zero attached hydrogens (tertiary/aromatic N) is 2. The fourth-order valence-electron chi connectivity index (χ4n) is 3.28. The minimum Gasteiger partial charge on any atom is -0.489 e. The van der Waals surface area contributed by atoms with E-state index in [2.05, 4.69) is 15.5 Å². The minimum atomic E-state index is -0.415. The van der Waals surface area contributed by atoms with E-state index in [-0.39, 0.29) is 0 Å². The maximum atomic E-state index is 12.4. The zero-order chi connectivity index (χ0) is 22.5. The smallest absolute Gasteiger partial charge is 0.345 e. The van der Waals surface area contributed by atoms with Crippen molar-refractivity contribution < 1.29 is 9.15 Å². The summed E-state index contributed by atoms with van der Waals surface area (Å²) in [4.78, 5) is 16.8. The average molecular weight is 454 g/mol. The van der Waals surface area contributed by atoms with Gasteiger partial charge in [-0.05, 0) is 35.4 Å². The Hall–Kier alpha value is -4.23. The van der Waals surface area contributed by atoms with Crippen LogP contribution in [-0.4, -0.2) is 11.2 Å². The number of aromatic nitrogens is 1. The Balaban J connectivity index is 1.25. The molecular formula is C26H19N3O3S. The third-order valence-electron chi connectivity index (χ3n) is 4.90. The van der Waals surface area contributed by atoms with Crippen molar-refractivity contribution in [1.82, 2.24) is 4.98 Å². The van der Waals surface area contributed by atoms with E-state index in [1.807, 2.05) is 72.8 Å². The number of anilines is 1. The average Bonchev–Trinajstić information content (AvgIpc) is 3.32. The summed E-state index contributed by atoms with van der Waals surface area (Å²) in [5.41, 5.74) is 6.03. The van der Waals surface area contributed by atoms with Gasteiger partial charge in [0.05, 0.1) is 17.5 Å². The van der Waals surface area contributed by atoms with Crippen LogP contribution in [0.4, 0.5) is 5.13 Å². The standard InChI is InChI=1S/C26H19N3O3S/c30-25-22(14-20-10-4-5-12-24(20)32-25)23-17-33-26(28-23)29-27-15-19-9-6-11-21(13-19)31-16-18-7-2-1-3-8-18/h1-15,17H,16H2,(H,28,29)/b27-15+. The lowest BCUT2D eigenvalue weighted by atomic mass is 10.1. The van der Waals surface area contributed by atoms with Crippen molar-refractivity contribution >= 4 is 33.7 Å². The largest absolute Gasteiger partial charge is 0.489 e. The molecule has 3 aromatic carbocycles. The highest BCUT2D eigenvalue weighted by Crippen LogP contribution is 2.25. The molecule has 6 nitrogen and oxygen atoms in total. The molecule has 0 radical (unpaired) electrons. The zero-order valence-corrected chi connectivity index (χ0v) is 18.3. The molecule has 0 saturated carbocycles. The highest BCUT2D eigenvalue weighted by molar-refractivity contribution is 7.14. The lowest BCUT2D eigenvalue weighted by molar-refractivity contribution is 0.306. The molecule has 162 valence electrons. The van der Waals surface area contributed by atoms with Crippen LogP contribution in [0.15, 0.2) is 105 Å². The summed E-state index contributed by atoms with van der Waals surface area (Å²) >= 11 is 1.36. The Morgan fingerprint density at radius 3 is 2.76 bits per heavy atom. The molecule has 0 saturated heterocycles. The number of rotatable bonds is 7. The molecule has 2 heterocycles. The van der Waals surface area contributed by atoms with Crippen LogP contribution >= 0.6 is 11.3 Å². The Kier molecular flexibility index (Phi) is 5.95. The number of hydrogen-bond acceptors (Lipinski definition) is 7. The Morgan fingerprint density at radius 2 is 1.85 bits per heavy atom. The molecule has 0 aliphatic rings. The second-order valence-electron chi connectivity index (χ2n) is 7.24. The van der Waals surface area contributed by atoms with Crippen molar-refractivity contribution in [3.8, 4) is 17.0 Å². The third kappa shape index (κ3) is 4.99. The summed E-state index contributed by atoms with van der Waals surface area (Å²) in [6.07, 6.45) is 1.70. The van der Waals surface area contributed by atoms with Gasteiger partial charge in [0.25, 0.3) is 0 Å². The maximum absolute atomic E-state index is 12.4. The van der Waals surface area contributed by atoms with Gasteiger partial charge in [-0.2, -0.15) is 5.10 Å². The van der Waals surface area contributed by atoms with Gasteiger partial charge in [-0.25, -0.2) is 9.78 Å². The molecule has 0 unspecified atom stereocenters. The van der Waals surface area contributed by atoms with Crippen molar-refractivity contribution in [2.75, 3.05) is 5.43 Å². The summed E-state index contributed by atoms with van der Waals surface area (Å²) in [5, 5.41) is 7.49. The first-order valence-corrected chi connectivity index (χ1v) is 11.2. The fraction of sp³-hybridized carbons (Fsp3) is 0.0385. The predicted molar refractivity (Wildman–Crippen MR) is 132 cm³/mol. The van der Waals surface area contributed by atoms with Gasteiger partial charge in [-0.3, -0.25) is 5.43 Å². The Morgan fingerprint density at radius 1 is 1.00 bits per heavy atom. The van der Waals surface area contributed by atoms with Gasteiger partial charge in [-0.15, -0.1) is 11.3 Å². The molecule has 33 heavy (non-hydrogen) atoms. The van der Waals surface area contributed by atoms with E-state index in [1.165, 1.54) is 11.3 Å². The molecule has 7 heteroatoms. The number of fused-ring (bicyclic) bond motifs is 1. The van der Waals surface area contributed by atoms with Gasteiger partial charge in [0, 0.05) is 10.8 Å². The Labute approximate surface area is 193 Å². The molecule has 0 atom stereocenters. The monoisotopic (exact) mass is 453 g/mol. The van der Waals surface area contributed by atoms with Gasteiger partial charge in [0.2, 0.25) is 5.13 Å². The summed E-state index contributed by atoms with van der Waals surface area (Å²) in [7, 11) is 0. The van der Waals surface area contributed by atoms with Crippen LogP contribution in [0.1, 0.15) is 11.1 Å². The highest BCUT2D eigenvalue weighted by Gasteiger charge is 2.11. The number of hydrazone groups is 1. The third-order valence-corrected chi connectivity index (χ3v) is 5.65. The van der Waals surface area contributed by atoms with Gasteiger partial charge < -0.3 is 9.15 Å². The van der Waals surface area contributed by atoms with Crippen LogP contribution in [0.3, 0.4) is 0 Å². The summed E-state index contributed by atoms with van der Waals surface area (Å²) in [6.45, 7) is 0.504. The van der Waals surface area contributed by atoms with E-state index in [0.29, 0.717) is 28.6 Å². The van der Waals surface area contributed by atoms with E-state index >= 15 is 0 Å². The van der Waals surface area contributed by atoms with Crippen molar-refractivity contribution in [1.29, 1.82) is 0 Å². The van der Waals surface area contributed by atoms with E-state index in [0.717, 1.165) is 22.3 Å². The molecule has 5 rings (SSSR count). The lowest BCUT2D eigenvalue weighted by Gasteiger charge is -2.06. The molecular weight excluding hydrogens is 434 g/mol. The van der Waals surface area contributed by atoms with Crippen molar-refractivity contribution in [2.45, 2.75) is 6.61 Å². The first-order valence-electron chi connectivity index (χ1n) is 10.3. The quantitative estimate of drug-likeness (QED) is 0.187. The van der Waals surface area contributed by atoms with Crippen LogP contribution in [-0.2, 0) is 6.61 Å². The molecule has 0 aliphatic carbocycles. The second kappa shape index (κ2) is 9.50. The molecule has 0 spiro atoms. The van der Waals surface area contributed by atoms with E-state index < -0.39 is 5.63 Å². The number of para-hydroxylation sites is 1. The molecule has 0 aliphatic heterocycles. The van der Waals surface area contributed by atoms with Gasteiger partial charge in [0.15, 0.2) is 0 Å². The van der Waals surface area contributed by atoms with Crippen molar-refractivity contribution in [3.63, 3.8) is 0 Å². The summed E-state index contributed by atoms with van der Waals surface area (Å²) in [5.74, 6) is 0.766. The second-order valence-corrected chi connectivity index (χ2v) is 8.10. The fourth-order valence-corrected chi connectivity index (χ4v) is 3.94. The number of hydrogen-bond donors (Lipinski definition) is 1. The van der Waals surface area contributed by atoms with Crippen LogP contribution < -0.4 is 15.8 Å². The Bertz CT molecular complexity index is 1480. The van der Waals surface area contributed by atoms with Crippen LogP contribution in [0.2, 0.25) is 0 Å². The highest BCUT2D eigenvalue weighted by atomic mass is 32.1. The normalized spacial score (nSPS) is 11.2. The van der Waals surface area contributed by atoms with Gasteiger partial charge in [0.1, 0.15) is 17.9 Å². The molecule has 5 aromatic rings. The zero-order valence-electron chi connectivity index (χ0n) is 17.5. The van der Waals surface area contributed by atoms with E-state index in [4.69, 9.17) is 9.15 Å². The van der Waals surface area contributed by atoms with E-state index in [1.54, 1.807) is 23.7 Å². The molecule has 0 amide bonds. The van der Waals surface area contributed by atoms with Crippen LogP contribution in [0, 0.1) is 0 Å². The number of thiazole rings is 1. The maximum Gasteiger partial charge on any atom is 0.345 e. The number of ether oxygens (including phenoxy) is 1. The van der Waals surface area contributed by atoms with Crippen LogP contribution in [0.25, 0.3) is 22.2 Å². The summed E-state index contributed by atoms with van der Waals surface area (Å²) < 4.78 is 11.3. The first kappa shape index (κ1) is 20.7. The topological polar surface area (TPSA) is 76.7 Å². The number of benzene rings is 3. The predicted octanol–water partition coefficient (Wildman–Crippen LogP) is 5.94. The molecule has 1 N–H and O–H groups in total. The summed E-state index contributed by atoms with van der Waals surface area (Å²) in [6, 6.07) is 26.9. The minimum absolute atomic E-state index is 0.415. The molecule has 2 aromatic heterocycles. The van der Waals surface area contributed by atoms with Crippen LogP contribution in [0.5, 0.6) is 5.75 Å². The van der Waals surface area contributed by atoms with Gasteiger partial charge in [-0.1, -0.05) is 60.7 Å². The van der Waals surface area contributed by atoms with Crippen molar-refractivity contribution in [2.24, 2.45) is 5.10 Å². The first-order chi connectivity index (χ1) is 16.2. The van der Waals surface area contributed by atoms with Gasteiger partial charge >= 0.3 is 5.63 Å². The SMILES string of the molecule is O=c1oc2ccccc2cc1-c1csc(N/N=C/c2cccc(OCc3ccccc3)c2)n1. The van der Waals surface area contributed by atoms with Crippen molar-refractivity contribution in [3.05, 3.63) is 112 Å². The lowest BCUT2D eigenvalue weighted by Crippen LogP contribution is -2.02. The van der Waals surface area contributed by atoms with E-state index in [9.17, 15) is 4.79 Å². The molecule has 0 fully saturated rings. The number of nitrogens with one attached hydrogen (secondary N) is 1.